The van der Waals surface area contributed by atoms with Crippen molar-refractivity contribution < 1.29 is 4.74 Å². The molecule has 18 heavy (non-hydrogen) atoms. The van der Waals surface area contributed by atoms with Gasteiger partial charge in [0.25, 0.3) is 0 Å². The van der Waals surface area contributed by atoms with Gasteiger partial charge in [-0.15, -0.1) is 0 Å². The van der Waals surface area contributed by atoms with Crippen LogP contribution in [0.1, 0.15) is 36.6 Å². The Morgan fingerprint density at radius 1 is 1.39 bits per heavy atom. The van der Waals surface area contributed by atoms with Crippen molar-refractivity contribution in [1.82, 2.24) is 9.97 Å². The summed E-state index contributed by atoms with van der Waals surface area (Å²) in [7, 11) is 1.70. The van der Waals surface area contributed by atoms with Gasteiger partial charge >= 0.3 is 0 Å². The van der Waals surface area contributed by atoms with E-state index in [1.54, 1.807) is 13.3 Å². The van der Waals surface area contributed by atoms with Crippen LogP contribution in [0.15, 0.2) is 24.4 Å². The molecule has 0 bridgehead atoms. The van der Waals surface area contributed by atoms with Crippen LogP contribution in [0, 0.1) is 0 Å². The minimum atomic E-state index is 0.437. The highest BCUT2D eigenvalue weighted by Crippen LogP contribution is 2.27. The van der Waals surface area contributed by atoms with Gasteiger partial charge in [-0.25, -0.2) is 4.98 Å². The highest BCUT2D eigenvalue weighted by molar-refractivity contribution is 5.40. The van der Waals surface area contributed by atoms with Crippen molar-refractivity contribution in [3.63, 3.8) is 0 Å². The van der Waals surface area contributed by atoms with Crippen LogP contribution in [0.2, 0.25) is 0 Å². The van der Waals surface area contributed by atoms with Crippen molar-refractivity contribution in [3.8, 4) is 5.75 Å². The van der Waals surface area contributed by atoms with Gasteiger partial charge in [-0.2, -0.15) is 0 Å². The zero-order valence-corrected chi connectivity index (χ0v) is 11.0. The number of methoxy groups -OCH3 is 1. The van der Waals surface area contributed by atoms with Crippen LogP contribution in [0.4, 0.5) is 5.95 Å². The molecule has 0 radical (unpaired) electrons. The monoisotopic (exact) mass is 245 g/mol. The third kappa shape index (κ3) is 2.64. The quantitative estimate of drug-likeness (QED) is 0.870. The average Bonchev–Trinajstić information content (AvgIpc) is 2.74. The summed E-state index contributed by atoms with van der Waals surface area (Å²) < 4.78 is 5.38. The number of aromatic amines is 1. The van der Waals surface area contributed by atoms with E-state index in [0.717, 1.165) is 17.9 Å². The Balaban J connectivity index is 2.26. The molecule has 0 atom stereocenters. The zero-order chi connectivity index (χ0) is 13.1. The molecule has 0 amide bonds. The SMILES string of the molecule is COc1ccc(Cc2cnc(N)[nH]2)cc1C(C)C. The maximum atomic E-state index is 5.57. The number of ether oxygens (including phenoxy) is 1. The summed E-state index contributed by atoms with van der Waals surface area (Å²) in [6.45, 7) is 4.33. The molecule has 0 aliphatic carbocycles. The van der Waals surface area contributed by atoms with E-state index in [4.69, 9.17) is 10.5 Å². The van der Waals surface area contributed by atoms with Crippen molar-refractivity contribution >= 4 is 5.95 Å². The Morgan fingerprint density at radius 2 is 2.17 bits per heavy atom. The van der Waals surface area contributed by atoms with Gasteiger partial charge in [0.1, 0.15) is 5.75 Å². The van der Waals surface area contributed by atoms with Crippen LogP contribution in [0.25, 0.3) is 0 Å². The molecular formula is C14H19N3O. The van der Waals surface area contributed by atoms with Gasteiger partial charge in [0.15, 0.2) is 5.95 Å². The van der Waals surface area contributed by atoms with E-state index >= 15 is 0 Å². The van der Waals surface area contributed by atoms with Crippen LogP contribution < -0.4 is 10.5 Å². The summed E-state index contributed by atoms with van der Waals surface area (Å²) in [5.74, 6) is 1.84. The van der Waals surface area contributed by atoms with Crippen molar-refractivity contribution in [2.75, 3.05) is 12.8 Å². The van der Waals surface area contributed by atoms with Gasteiger partial charge in [-0.3, -0.25) is 0 Å². The second-order valence-electron chi connectivity index (χ2n) is 4.70. The standard InChI is InChI=1S/C14H19N3O/c1-9(2)12-7-10(4-5-13(12)18-3)6-11-8-16-14(15)17-11/h4-5,7-9H,6H2,1-3H3,(H3,15,16,17). The number of nitrogen functional groups attached to an aromatic ring is 1. The topological polar surface area (TPSA) is 63.9 Å². The number of hydrogen-bond donors (Lipinski definition) is 2. The Morgan fingerprint density at radius 3 is 2.72 bits per heavy atom. The summed E-state index contributed by atoms with van der Waals surface area (Å²) in [4.78, 5) is 7.04. The molecule has 1 aromatic heterocycles. The number of aromatic nitrogens is 2. The fourth-order valence-corrected chi connectivity index (χ4v) is 2.03. The molecule has 4 nitrogen and oxygen atoms in total. The lowest BCUT2D eigenvalue weighted by Gasteiger charge is -2.13. The van der Waals surface area contributed by atoms with E-state index in [9.17, 15) is 0 Å². The first-order chi connectivity index (χ1) is 8.60. The predicted molar refractivity (Wildman–Crippen MR) is 72.9 cm³/mol. The minimum absolute atomic E-state index is 0.437. The van der Waals surface area contributed by atoms with Crippen LogP contribution in [0.3, 0.4) is 0 Å². The van der Waals surface area contributed by atoms with Gasteiger partial charge in [0.05, 0.1) is 13.3 Å². The lowest BCUT2D eigenvalue weighted by molar-refractivity contribution is 0.407. The van der Waals surface area contributed by atoms with E-state index in [1.165, 1.54) is 11.1 Å². The lowest BCUT2D eigenvalue weighted by Crippen LogP contribution is -1.97. The predicted octanol–water partition coefficient (Wildman–Crippen LogP) is 2.71. The number of nitrogens with two attached hydrogens (primary N) is 1. The maximum Gasteiger partial charge on any atom is 0.197 e. The first-order valence-corrected chi connectivity index (χ1v) is 6.06. The number of imidazole rings is 1. The number of hydrogen-bond acceptors (Lipinski definition) is 3. The van der Waals surface area contributed by atoms with Gasteiger partial charge in [-0.05, 0) is 23.1 Å². The fourth-order valence-electron chi connectivity index (χ4n) is 2.03. The van der Waals surface area contributed by atoms with Gasteiger partial charge in [0, 0.05) is 12.1 Å². The van der Waals surface area contributed by atoms with Gasteiger partial charge in [0.2, 0.25) is 0 Å². The Bertz CT molecular complexity index is 532. The zero-order valence-electron chi connectivity index (χ0n) is 11.0. The summed E-state index contributed by atoms with van der Waals surface area (Å²) in [5, 5.41) is 0. The molecule has 2 aromatic rings. The molecule has 3 N–H and O–H groups in total. The molecule has 0 fully saturated rings. The summed E-state index contributed by atoms with van der Waals surface area (Å²) in [5.41, 5.74) is 9.04. The molecule has 0 spiro atoms. The molecule has 96 valence electrons. The number of nitrogens with zero attached hydrogens (tertiary/aromatic N) is 1. The van der Waals surface area contributed by atoms with E-state index in [2.05, 4.69) is 35.9 Å². The molecule has 0 unspecified atom stereocenters. The maximum absolute atomic E-state index is 5.57. The third-order valence-corrected chi connectivity index (χ3v) is 2.96. The number of H-pyrrole nitrogens is 1. The highest BCUT2D eigenvalue weighted by Gasteiger charge is 2.09. The minimum Gasteiger partial charge on any atom is -0.496 e. The second kappa shape index (κ2) is 5.12. The second-order valence-corrected chi connectivity index (χ2v) is 4.70. The van der Waals surface area contributed by atoms with Crippen LogP contribution in [-0.4, -0.2) is 17.1 Å². The summed E-state index contributed by atoms with van der Waals surface area (Å²) in [6, 6.07) is 6.27. The van der Waals surface area contributed by atoms with E-state index < -0.39 is 0 Å². The molecule has 1 heterocycles. The lowest BCUT2D eigenvalue weighted by atomic mass is 9.98. The number of nitrogens with one attached hydrogen (secondary N) is 1. The van der Waals surface area contributed by atoms with Gasteiger partial charge in [-0.1, -0.05) is 26.0 Å². The molecule has 2 rings (SSSR count). The van der Waals surface area contributed by atoms with Crippen LogP contribution >= 0.6 is 0 Å². The molecule has 0 saturated carbocycles. The number of benzene rings is 1. The molecule has 0 aliphatic heterocycles. The number of rotatable bonds is 4. The summed E-state index contributed by atoms with van der Waals surface area (Å²) in [6.07, 6.45) is 2.57. The van der Waals surface area contributed by atoms with E-state index in [0.29, 0.717) is 11.9 Å². The largest absolute Gasteiger partial charge is 0.496 e. The normalized spacial score (nSPS) is 10.9. The molecule has 0 aliphatic rings. The first kappa shape index (κ1) is 12.5. The third-order valence-electron chi connectivity index (χ3n) is 2.96. The Hall–Kier alpha value is -1.97. The van der Waals surface area contributed by atoms with E-state index in [1.807, 2.05) is 6.07 Å². The molecule has 0 saturated heterocycles. The Labute approximate surface area is 107 Å². The van der Waals surface area contributed by atoms with Crippen molar-refractivity contribution in [1.29, 1.82) is 0 Å². The molecular weight excluding hydrogens is 226 g/mol. The molecule has 1 aromatic carbocycles. The fraction of sp³-hybridized carbons (Fsp3) is 0.357. The smallest absolute Gasteiger partial charge is 0.197 e. The Kier molecular flexibility index (Phi) is 3.55. The van der Waals surface area contributed by atoms with Crippen molar-refractivity contribution in [3.05, 3.63) is 41.2 Å². The highest BCUT2D eigenvalue weighted by atomic mass is 16.5. The first-order valence-electron chi connectivity index (χ1n) is 6.06. The van der Waals surface area contributed by atoms with Gasteiger partial charge < -0.3 is 15.5 Å². The van der Waals surface area contributed by atoms with Crippen LogP contribution in [-0.2, 0) is 6.42 Å². The summed E-state index contributed by atoms with van der Waals surface area (Å²) >= 11 is 0. The average molecular weight is 245 g/mol. The molecule has 4 heteroatoms. The van der Waals surface area contributed by atoms with E-state index in [-0.39, 0.29) is 0 Å². The van der Waals surface area contributed by atoms with Crippen molar-refractivity contribution in [2.45, 2.75) is 26.2 Å². The number of anilines is 1. The van der Waals surface area contributed by atoms with Crippen molar-refractivity contribution in [2.24, 2.45) is 0 Å². The van der Waals surface area contributed by atoms with Crippen LogP contribution in [0.5, 0.6) is 5.75 Å².